The average molecular weight is 228 g/mol. The summed E-state index contributed by atoms with van der Waals surface area (Å²) in [5.74, 6) is 0.819. The number of fused-ring (bicyclic) bond motifs is 1. The molecule has 0 N–H and O–H groups in total. The van der Waals surface area contributed by atoms with Crippen LogP contribution in [0, 0.1) is 0 Å². The fraction of sp³-hybridized carbons (Fsp3) is 0.231. The lowest BCUT2D eigenvalue weighted by Gasteiger charge is -2.24. The molecular formula is C13H12N2O2. The molecule has 1 aromatic carbocycles. The molecule has 1 aromatic heterocycles. The summed E-state index contributed by atoms with van der Waals surface area (Å²) in [5.41, 5.74) is 1.62. The Labute approximate surface area is 98.9 Å². The van der Waals surface area contributed by atoms with Crippen molar-refractivity contribution in [1.82, 2.24) is 9.55 Å². The predicted octanol–water partition coefficient (Wildman–Crippen LogP) is 1.97. The molecule has 86 valence electrons. The van der Waals surface area contributed by atoms with E-state index in [0.29, 0.717) is 18.8 Å². The zero-order valence-electron chi connectivity index (χ0n) is 9.24. The molecule has 3 rings (SSSR count). The number of ether oxygens (including phenoxy) is 1. The largest absolute Gasteiger partial charge is 0.364 e. The Morgan fingerprint density at radius 1 is 1.35 bits per heavy atom. The van der Waals surface area contributed by atoms with Crippen LogP contribution in [0.3, 0.4) is 0 Å². The minimum Gasteiger partial charge on any atom is -0.364 e. The van der Waals surface area contributed by atoms with Gasteiger partial charge < -0.3 is 9.30 Å². The third-order valence-corrected chi connectivity index (χ3v) is 2.95. The van der Waals surface area contributed by atoms with Gasteiger partial charge in [0.2, 0.25) is 0 Å². The van der Waals surface area contributed by atoms with Crippen molar-refractivity contribution in [2.75, 3.05) is 0 Å². The summed E-state index contributed by atoms with van der Waals surface area (Å²) in [6.07, 6.45) is 2.58. The van der Waals surface area contributed by atoms with E-state index in [1.54, 1.807) is 6.20 Å². The number of aldehydes is 1. The van der Waals surface area contributed by atoms with Gasteiger partial charge in [0.25, 0.3) is 0 Å². The first-order valence-corrected chi connectivity index (χ1v) is 5.54. The molecule has 0 amide bonds. The van der Waals surface area contributed by atoms with Gasteiger partial charge >= 0.3 is 0 Å². The number of hydrogen-bond donors (Lipinski definition) is 0. The van der Waals surface area contributed by atoms with Crippen molar-refractivity contribution < 1.29 is 9.53 Å². The maximum atomic E-state index is 10.7. The van der Waals surface area contributed by atoms with Crippen LogP contribution in [0.15, 0.2) is 36.5 Å². The molecule has 1 unspecified atom stereocenters. The summed E-state index contributed by atoms with van der Waals surface area (Å²) >= 11 is 0. The molecule has 4 heteroatoms. The number of carbonyl (C=O) groups is 1. The van der Waals surface area contributed by atoms with E-state index in [9.17, 15) is 4.79 Å². The lowest BCUT2D eigenvalue weighted by Crippen LogP contribution is -2.20. The van der Waals surface area contributed by atoms with Crippen LogP contribution in [-0.4, -0.2) is 15.8 Å². The highest BCUT2D eigenvalue weighted by Gasteiger charge is 2.21. The third-order valence-electron chi connectivity index (χ3n) is 2.95. The number of aromatic nitrogens is 2. The summed E-state index contributed by atoms with van der Waals surface area (Å²) in [4.78, 5) is 14.8. The Morgan fingerprint density at radius 2 is 2.18 bits per heavy atom. The second kappa shape index (κ2) is 4.14. The highest BCUT2D eigenvalue weighted by molar-refractivity contribution is 5.71. The molecule has 0 bridgehead atoms. The molecule has 1 atom stereocenters. The maximum Gasteiger partial charge on any atom is 0.170 e. The minimum atomic E-state index is 0.0393. The second-order valence-corrected chi connectivity index (χ2v) is 4.06. The molecule has 0 fully saturated rings. The molecule has 0 aliphatic carbocycles. The van der Waals surface area contributed by atoms with Gasteiger partial charge in [-0.2, -0.15) is 0 Å². The van der Waals surface area contributed by atoms with Gasteiger partial charge in [0, 0.05) is 6.20 Å². The molecule has 2 heterocycles. The summed E-state index contributed by atoms with van der Waals surface area (Å²) < 4.78 is 7.74. The van der Waals surface area contributed by atoms with Crippen molar-refractivity contribution in [3.63, 3.8) is 0 Å². The summed E-state index contributed by atoms with van der Waals surface area (Å²) in [6.45, 7) is 1.16. The molecule has 0 saturated carbocycles. The molecule has 1 aliphatic rings. The highest BCUT2D eigenvalue weighted by Crippen LogP contribution is 2.25. The lowest BCUT2D eigenvalue weighted by atomic mass is 10.1. The van der Waals surface area contributed by atoms with Crippen molar-refractivity contribution in [2.24, 2.45) is 0 Å². The lowest BCUT2D eigenvalue weighted by molar-refractivity contribution is 0.000489. The van der Waals surface area contributed by atoms with Crippen LogP contribution in [0.25, 0.3) is 0 Å². The van der Waals surface area contributed by atoms with Gasteiger partial charge in [-0.3, -0.25) is 4.79 Å². The fourth-order valence-electron chi connectivity index (χ4n) is 2.08. The Morgan fingerprint density at radius 3 is 2.94 bits per heavy atom. The van der Waals surface area contributed by atoms with E-state index in [2.05, 4.69) is 4.98 Å². The van der Waals surface area contributed by atoms with E-state index >= 15 is 0 Å². The van der Waals surface area contributed by atoms with Crippen LogP contribution in [-0.2, 0) is 17.9 Å². The monoisotopic (exact) mass is 228 g/mol. The second-order valence-electron chi connectivity index (χ2n) is 4.06. The van der Waals surface area contributed by atoms with Crippen LogP contribution < -0.4 is 0 Å². The van der Waals surface area contributed by atoms with Crippen molar-refractivity contribution in [1.29, 1.82) is 0 Å². The van der Waals surface area contributed by atoms with E-state index in [-0.39, 0.29) is 6.10 Å². The molecule has 4 nitrogen and oxygen atoms in total. The molecule has 0 radical (unpaired) electrons. The van der Waals surface area contributed by atoms with E-state index in [0.717, 1.165) is 17.7 Å². The topological polar surface area (TPSA) is 44.1 Å². The molecule has 0 spiro atoms. The van der Waals surface area contributed by atoms with Gasteiger partial charge in [-0.1, -0.05) is 30.3 Å². The molecule has 0 saturated heterocycles. The van der Waals surface area contributed by atoms with Gasteiger partial charge in [0.05, 0.1) is 6.54 Å². The molecule has 17 heavy (non-hydrogen) atoms. The predicted molar refractivity (Wildman–Crippen MR) is 61.6 cm³/mol. The van der Waals surface area contributed by atoms with Crippen LogP contribution in [0.5, 0.6) is 0 Å². The number of carbonyl (C=O) groups excluding carboxylic acids is 1. The molecule has 1 aliphatic heterocycles. The normalized spacial score (nSPS) is 18.7. The summed E-state index contributed by atoms with van der Waals surface area (Å²) in [7, 11) is 0. The van der Waals surface area contributed by atoms with Gasteiger partial charge in [-0.05, 0) is 5.56 Å². The highest BCUT2D eigenvalue weighted by atomic mass is 16.5. The van der Waals surface area contributed by atoms with Crippen LogP contribution >= 0.6 is 0 Å². The van der Waals surface area contributed by atoms with Crippen LogP contribution in [0.1, 0.15) is 28.0 Å². The van der Waals surface area contributed by atoms with Crippen molar-refractivity contribution in [3.8, 4) is 0 Å². The Hall–Kier alpha value is -1.94. The SMILES string of the molecule is O=Cc1cn2c(n1)COC(c1ccccc1)C2. The first kappa shape index (κ1) is 10.2. The van der Waals surface area contributed by atoms with Crippen molar-refractivity contribution in [2.45, 2.75) is 19.3 Å². The number of rotatable bonds is 2. The third kappa shape index (κ3) is 1.87. The smallest absolute Gasteiger partial charge is 0.170 e. The van der Waals surface area contributed by atoms with Gasteiger partial charge in [-0.15, -0.1) is 0 Å². The van der Waals surface area contributed by atoms with Crippen LogP contribution in [0.2, 0.25) is 0 Å². The van der Waals surface area contributed by atoms with Gasteiger partial charge in [0.15, 0.2) is 6.29 Å². The van der Waals surface area contributed by atoms with E-state index < -0.39 is 0 Å². The van der Waals surface area contributed by atoms with Crippen molar-refractivity contribution >= 4 is 6.29 Å². The molecular weight excluding hydrogens is 216 g/mol. The maximum absolute atomic E-state index is 10.7. The average Bonchev–Trinajstić information content (AvgIpc) is 2.81. The van der Waals surface area contributed by atoms with Gasteiger partial charge in [0.1, 0.15) is 24.2 Å². The number of nitrogens with zero attached hydrogens (tertiary/aromatic N) is 2. The van der Waals surface area contributed by atoms with Crippen LogP contribution in [0.4, 0.5) is 0 Å². The quantitative estimate of drug-likeness (QED) is 0.738. The number of benzene rings is 1. The van der Waals surface area contributed by atoms with E-state index in [1.165, 1.54) is 0 Å². The van der Waals surface area contributed by atoms with E-state index in [4.69, 9.17) is 4.74 Å². The minimum absolute atomic E-state index is 0.0393. The van der Waals surface area contributed by atoms with Crippen molar-refractivity contribution in [3.05, 3.63) is 53.6 Å². The Kier molecular flexibility index (Phi) is 2.49. The van der Waals surface area contributed by atoms with Gasteiger partial charge in [-0.25, -0.2) is 4.98 Å². The standard InChI is InChI=1S/C13H12N2O2/c16-8-11-6-15-7-12(17-9-13(15)14-11)10-4-2-1-3-5-10/h1-6,8,12H,7,9H2. The number of hydrogen-bond acceptors (Lipinski definition) is 3. The zero-order chi connectivity index (χ0) is 11.7. The fourth-order valence-corrected chi connectivity index (χ4v) is 2.08. The first-order chi connectivity index (χ1) is 8.36. The summed E-state index contributed by atoms with van der Waals surface area (Å²) in [6, 6.07) is 10.1. The Bertz CT molecular complexity index is 534. The first-order valence-electron chi connectivity index (χ1n) is 5.54. The van der Waals surface area contributed by atoms with E-state index in [1.807, 2.05) is 34.9 Å². The summed E-state index contributed by atoms with van der Waals surface area (Å²) in [5, 5.41) is 0. The zero-order valence-corrected chi connectivity index (χ0v) is 9.24. The Balaban J connectivity index is 1.87. The number of imidazole rings is 1. The molecule has 2 aromatic rings.